The summed E-state index contributed by atoms with van der Waals surface area (Å²) in [5.74, 6) is 0.599. The van der Waals surface area contributed by atoms with E-state index in [1.807, 2.05) is 0 Å². The molecule has 0 saturated carbocycles. The third kappa shape index (κ3) is 3.70. The van der Waals surface area contributed by atoms with E-state index in [9.17, 15) is 16.8 Å². The van der Waals surface area contributed by atoms with Gasteiger partial charge in [-0.15, -0.1) is 0 Å². The van der Waals surface area contributed by atoms with E-state index in [1.165, 1.54) is 23.5 Å². The Morgan fingerprint density at radius 2 is 1.57 bits per heavy atom. The van der Waals surface area contributed by atoms with Crippen LogP contribution >= 0.6 is 0 Å². The second-order valence-electron chi connectivity index (χ2n) is 5.91. The molecule has 0 N–H and O–H groups in total. The van der Waals surface area contributed by atoms with Crippen LogP contribution < -0.4 is 4.74 Å². The largest absolute Gasteiger partial charge is 0.497 e. The van der Waals surface area contributed by atoms with Gasteiger partial charge in [-0.3, -0.25) is 0 Å². The van der Waals surface area contributed by atoms with Crippen LogP contribution in [-0.2, 0) is 19.9 Å². The lowest BCUT2D eigenvalue weighted by molar-refractivity contribution is 0.343. The number of sulfone groups is 1. The number of ether oxygens (including phenoxy) is 1. The Morgan fingerprint density at radius 1 is 1.04 bits per heavy atom. The van der Waals surface area contributed by atoms with E-state index >= 15 is 0 Å². The van der Waals surface area contributed by atoms with Crippen LogP contribution in [0.5, 0.6) is 5.75 Å². The highest BCUT2D eigenvalue weighted by atomic mass is 32.2. The van der Waals surface area contributed by atoms with Gasteiger partial charge in [0.25, 0.3) is 0 Å². The highest BCUT2D eigenvalue weighted by Crippen LogP contribution is 2.27. The van der Waals surface area contributed by atoms with Crippen LogP contribution in [0.2, 0.25) is 0 Å². The van der Waals surface area contributed by atoms with Crippen molar-refractivity contribution in [2.75, 3.05) is 20.2 Å². The molecular formula is C15H23NO5S2. The first-order valence-electron chi connectivity index (χ1n) is 7.56. The molecule has 0 atom stereocenters. The first kappa shape index (κ1) is 18.2. The van der Waals surface area contributed by atoms with Crippen LogP contribution in [0.4, 0.5) is 0 Å². The fraction of sp³-hybridized carbons (Fsp3) is 0.600. The molecule has 130 valence electrons. The number of methoxy groups -OCH3 is 1. The van der Waals surface area contributed by atoms with E-state index < -0.39 is 30.4 Å². The Hall–Kier alpha value is -1.12. The number of piperidine rings is 1. The lowest BCUT2D eigenvalue weighted by Gasteiger charge is -2.32. The van der Waals surface area contributed by atoms with Crippen LogP contribution in [0.3, 0.4) is 0 Å². The van der Waals surface area contributed by atoms with Gasteiger partial charge < -0.3 is 4.74 Å². The first-order chi connectivity index (χ1) is 10.7. The number of hydrogen-bond acceptors (Lipinski definition) is 5. The predicted octanol–water partition coefficient (Wildman–Crippen LogP) is 1.67. The van der Waals surface area contributed by atoms with Gasteiger partial charge >= 0.3 is 0 Å². The maximum atomic E-state index is 12.7. The van der Waals surface area contributed by atoms with E-state index in [0.29, 0.717) is 18.6 Å². The second kappa shape index (κ2) is 6.78. The van der Waals surface area contributed by atoms with Crippen LogP contribution in [0.15, 0.2) is 29.2 Å². The minimum absolute atomic E-state index is 0.251. The van der Waals surface area contributed by atoms with E-state index in [0.717, 1.165) is 0 Å². The number of sulfonamides is 1. The Bertz CT molecular complexity index is 731. The fourth-order valence-electron chi connectivity index (χ4n) is 2.65. The molecule has 2 rings (SSSR count). The summed E-state index contributed by atoms with van der Waals surface area (Å²) in [5.41, 5.74) is 0. The molecule has 1 fully saturated rings. The zero-order valence-corrected chi connectivity index (χ0v) is 15.2. The molecule has 23 heavy (non-hydrogen) atoms. The van der Waals surface area contributed by atoms with Crippen molar-refractivity contribution in [1.82, 2.24) is 4.31 Å². The quantitative estimate of drug-likeness (QED) is 0.797. The molecule has 1 heterocycles. The highest BCUT2D eigenvalue weighted by Gasteiger charge is 2.35. The summed E-state index contributed by atoms with van der Waals surface area (Å²) in [6.07, 6.45) is 0.640. The zero-order valence-electron chi connectivity index (χ0n) is 13.6. The zero-order chi connectivity index (χ0) is 17.3. The van der Waals surface area contributed by atoms with Gasteiger partial charge in [0.15, 0.2) is 9.84 Å². The standard InChI is InChI=1S/C15H23NO5S2/c1-12(2)23(19,20)16-10-8-15(9-11-16)22(17,18)14-6-4-13(21-3)5-7-14/h4-7,12,15H,8-11H2,1-3H3. The van der Waals surface area contributed by atoms with Crippen molar-refractivity contribution >= 4 is 19.9 Å². The maximum absolute atomic E-state index is 12.7. The third-order valence-electron chi connectivity index (χ3n) is 4.18. The van der Waals surface area contributed by atoms with E-state index in [1.54, 1.807) is 26.0 Å². The van der Waals surface area contributed by atoms with Crippen LogP contribution in [0.1, 0.15) is 26.7 Å². The average Bonchev–Trinajstić information content (AvgIpc) is 2.54. The number of benzene rings is 1. The first-order valence-corrected chi connectivity index (χ1v) is 10.6. The Morgan fingerprint density at radius 3 is 2.00 bits per heavy atom. The lowest BCUT2D eigenvalue weighted by Crippen LogP contribution is -2.44. The van der Waals surface area contributed by atoms with Gasteiger partial charge in [0.2, 0.25) is 10.0 Å². The molecule has 1 aromatic carbocycles. The normalized spacial score (nSPS) is 18.3. The van der Waals surface area contributed by atoms with Gasteiger partial charge in [-0.1, -0.05) is 0 Å². The van der Waals surface area contributed by atoms with Crippen molar-refractivity contribution in [2.24, 2.45) is 0 Å². The fourth-order valence-corrected chi connectivity index (χ4v) is 5.70. The molecule has 0 radical (unpaired) electrons. The summed E-state index contributed by atoms with van der Waals surface area (Å²) in [7, 11) is -5.25. The Kier molecular flexibility index (Phi) is 5.37. The molecule has 0 aromatic heterocycles. The van der Waals surface area contributed by atoms with Crippen LogP contribution in [0.25, 0.3) is 0 Å². The number of rotatable bonds is 5. The molecule has 6 nitrogen and oxygen atoms in total. The molecule has 1 aliphatic rings. The van der Waals surface area contributed by atoms with Crippen molar-refractivity contribution in [3.63, 3.8) is 0 Å². The Labute approximate surface area is 138 Å². The van der Waals surface area contributed by atoms with Gasteiger partial charge in [-0.2, -0.15) is 0 Å². The molecule has 0 spiro atoms. The highest BCUT2D eigenvalue weighted by molar-refractivity contribution is 7.92. The molecular weight excluding hydrogens is 338 g/mol. The molecule has 0 bridgehead atoms. The molecule has 8 heteroatoms. The van der Waals surface area contributed by atoms with E-state index in [2.05, 4.69) is 0 Å². The third-order valence-corrected chi connectivity index (χ3v) is 8.74. The Balaban J connectivity index is 2.12. The minimum Gasteiger partial charge on any atom is -0.497 e. The van der Waals surface area contributed by atoms with Gasteiger partial charge in [-0.05, 0) is 51.0 Å². The number of nitrogens with zero attached hydrogens (tertiary/aromatic N) is 1. The van der Waals surface area contributed by atoms with Gasteiger partial charge in [-0.25, -0.2) is 21.1 Å². The van der Waals surface area contributed by atoms with Gasteiger partial charge in [0, 0.05) is 13.1 Å². The summed E-state index contributed by atoms with van der Waals surface area (Å²) in [4.78, 5) is 0.253. The number of hydrogen-bond donors (Lipinski definition) is 0. The van der Waals surface area contributed by atoms with Crippen molar-refractivity contribution in [3.05, 3.63) is 24.3 Å². The summed E-state index contributed by atoms with van der Waals surface area (Å²) < 4.78 is 56.1. The van der Waals surface area contributed by atoms with Crippen LogP contribution in [0, 0.1) is 0 Å². The van der Waals surface area contributed by atoms with E-state index in [4.69, 9.17) is 4.74 Å². The SMILES string of the molecule is COc1ccc(S(=O)(=O)C2CCN(S(=O)(=O)C(C)C)CC2)cc1. The van der Waals surface area contributed by atoms with Crippen molar-refractivity contribution in [3.8, 4) is 5.75 Å². The lowest BCUT2D eigenvalue weighted by atomic mass is 10.2. The molecule has 0 unspecified atom stereocenters. The minimum atomic E-state index is -3.45. The van der Waals surface area contributed by atoms with E-state index in [-0.39, 0.29) is 18.0 Å². The van der Waals surface area contributed by atoms with Crippen molar-refractivity contribution in [2.45, 2.75) is 42.1 Å². The second-order valence-corrected chi connectivity index (χ2v) is 10.6. The van der Waals surface area contributed by atoms with Crippen molar-refractivity contribution < 1.29 is 21.6 Å². The maximum Gasteiger partial charge on any atom is 0.216 e. The molecule has 1 aliphatic heterocycles. The monoisotopic (exact) mass is 361 g/mol. The van der Waals surface area contributed by atoms with Gasteiger partial charge in [0.05, 0.1) is 22.5 Å². The molecule has 1 aromatic rings. The topological polar surface area (TPSA) is 80.8 Å². The smallest absolute Gasteiger partial charge is 0.216 e. The molecule has 0 aliphatic carbocycles. The summed E-state index contributed by atoms with van der Waals surface area (Å²) in [6, 6.07) is 6.30. The predicted molar refractivity (Wildman–Crippen MR) is 88.8 cm³/mol. The van der Waals surface area contributed by atoms with Gasteiger partial charge in [0.1, 0.15) is 5.75 Å². The summed E-state index contributed by atoms with van der Waals surface area (Å²) in [6.45, 7) is 3.77. The molecule has 1 saturated heterocycles. The van der Waals surface area contributed by atoms with Crippen molar-refractivity contribution in [1.29, 1.82) is 0 Å². The summed E-state index contributed by atoms with van der Waals surface area (Å²) in [5, 5.41) is -1.04. The van der Waals surface area contributed by atoms with Crippen LogP contribution in [-0.4, -0.2) is 51.8 Å². The average molecular weight is 361 g/mol. The summed E-state index contributed by atoms with van der Waals surface area (Å²) >= 11 is 0. The molecule has 0 amide bonds.